The summed E-state index contributed by atoms with van der Waals surface area (Å²) in [7, 11) is 0. The highest BCUT2D eigenvalue weighted by atomic mass is 16.5. The average Bonchev–Trinajstić information content (AvgIpc) is 3.04. The van der Waals surface area contributed by atoms with Crippen LogP contribution >= 0.6 is 0 Å². The van der Waals surface area contributed by atoms with E-state index in [0.717, 1.165) is 29.7 Å². The van der Waals surface area contributed by atoms with Gasteiger partial charge < -0.3 is 10.1 Å². The van der Waals surface area contributed by atoms with Crippen molar-refractivity contribution in [3.8, 4) is 0 Å². The van der Waals surface area contributed by atoms with Crippen LogP contribution in [0.2, 0.25) is 0 Å². The van der Waals surface area contributed by atoms with Gasteiger partial charge in [-0.1, -0.05) is 50.6 Å². The fraction of sp³-hybridized carbons (Fsp3) is 0.583. The van der Waals surface area contributed by atoms with E-state index in [1.165, 1.54) is 13.3 Å². The molecule has 0 heterocycles. The van der Waals surface area contributed by atoms with Gasteiger partial charge in [-0.05, 0) is 43.1 Å². The smallest absolute Gasteiger partial charge is 0.308 e. The molecule has 3 rings (SSSR count). The number of aryl methyl sites for hydroxylation is 1. The maximum atomic E-state index is 12.3. The summed E-state index contributed by atoms with van der Waals surface area (Å²) >= 11 is 0. The third-order valence-electron chi connectivity index (χ3n) is 7.42. The van der Waals surface area contributed by atoms with Crippen LogP contribution in [0.5, 0.6) is 0 Å². The highest BCUT2D eigenvalue weighted by molar-refractivity contribution is 5.95. The summed E-state index contributed by atoms with van der Waals surface area (Å²) in [5.74, 6) is -0.667. The summed E-state index contributed by atoms with van der Waals surface area (Å²) in [6, 6.07) is 7.05. The van der Waals surface area contributed by atoms with E-state index in [1.807, 2.05) is 31.2 Å². The molecule has 0 aromatic heterocycles. The summed E-state index contributed by atoms with van der Waals surface area (Å²) in [6.07, 6.45) is 3.12. The first-order valence-corrected chi connectivity index (χ1v) is 10.9. The van der Waals surface area contributed by atoms with Crippen LogP contribution in [-0.4, -0.2) is 30.1 Å². The number of carbonyl (C=O) groups excluding carboxylic acids is 3. The Balaban J connectivity index is 1.52. The van der Waals surface area contributed by atoms with Crippen LogP contribution in [0.1, 0.15) is 70.5 Å². The van der Waals surface area contributed by atoms with Crippen molar-refractivity contribution in [2.45, 2.75) is 66.3 Å². The van der Waals surface area contributed by atoms with Crippen LogP contribution in [0.3, 0.4) is 0 Å². The molecular weight excluding hydrogens is 394 g/mol. The van der Waals surface area contributed by atoms with Crippen LogP contribution in [0.4, 0.5) is 0 Å². The summed E-state index contributed by atoms with van der Waals surface area (Å²) in [5, 5.41) is 7.14. The molecule has 1 aromatic carbocycles. The molecule has 3 unspecified atom stereocenters. The molecule has 3 atom stereocenters. The number of nitrogens with one attached hydrogen (secondary N) is 2. The molecule has 0 aliphatic heterocycles. The number of hydrogen-bond donors (Lipinski definition) is 2. The lowest BCUT2D eigenvalue weighted by Gasteiger charge is -2.34. The van der Waals surface area contributed by atoms with Gasteiger partial charge in [0.25, 0.3) is 5.91 Å². The van der Waals surface area contributed by atoms with Crippen molar-refractivity contribution < 1.29 is 19.1 Å². The van der Waals surface area contributed by atoms with Gasteiger partial charge >= 0.3 is 5.97 Å². The minimum absolute atomic E-state index is 0.00123. The molecule has 0 spiro atoms. The number of benzene rings is 1. The quantitative estimate of drug-likeness (QED) is 0.515. The molecule has 2 fully saturated rings. The van der Waals surface area contributed by atoms with Crippen LogP contribution in [0, 0.1) is 23.7 Å². The van der Waals surface area contributed by atoms with E-state index in [-0.39, 0.29) is 23.2 Å². The lowest BCUT2D eigenvalue weighted by atomic mass is 9.70. The van der Waals surface area contributed by atoms with Gasteiger partial charge in [-0.15, -0.1) is 0 Å². The van der Waals surface area contributed by atoms with E-state index in [9.17, 15) is 14.4 Å². The molecule has 31 heavy (non-hydrogen) atoms. The molecule has 2 aliphatic rings. The van der Waals surface area contributed by atoms with E-state index in [4.69, 9.17) is 4.74 Å². The van der Waals surface area contributed by atoms with Crippen molar-refractivity contribution in [1.29, 1.82) is 0 Å². The molecule has 2 N–H and O–H groups in total. The van der Waals surface area contributed by atoms with E-state index in [2.05, 4.69) is 36.6 Å². The zero-order valence-corrected chi connectivity index (χ0v) is 19.1. The second-order valence-corrected chi connectivity index (χ2v) is 9.62. The normalized spacial score (nSPS) is 25.8. The van der Waals surface area contributed by atoms with Gasteiger partial charge in [-0.3, -0.25) is 14.4 Å². The minimum atomic E-state index is -0.560. The van der Waals surface area contributed by atoms with E-state index < -0.39 is 24.5 Å². The first kappa shape index (κ1) is 23.0. The van der Waals surface area contributed by atoms with Crippen molar-refractivity contribution in [2.75, 3.05) is 6.61 Å². The predicted molar refractivity (Wildman–Crippen MR) is 118 cm³/mol. The van der Waals surface area contributed by atoms with Crippen molar-refractivity contribution in [3.63, 3.8) is 0 Å². The molecule has 168 valence electrons. The number of hydrogen-bond acceptors (Lipinski definition) is 5. The van der Waals surface area contributed by atoms with Gasteiger partial charge in [0.2, 0.25) is 5.91 Å². The fourth-order valence-corrected chi connectivity index (χ4v) is 4.93. The molecule has 1 aromatic rings. The summed E-state index contributed by atoms with van der Waals surface area (Å²) in [4.78, 5) is 36.0. The third kappa shape index (κ3) is 4.81. The molecular formula is C24H33N3O4. The maximum Gasteiger partial charge on any atom is 0.308 e. The summed E-state index contributed by atoms with van der Waals surface area (Å²) in [6.45, 7) is 9.73. The Hall–Kier alpha value is -2.70. The van der Waals surface area contributed by atoms with Gasteiger partial charge in [0.1, 0.15) is 0 Å². The molecule has 2 aliphatic carbocycles. The zero-order chi connectivity index (χ0) is 22.8. The van der Waals surface area contributed by atoms with Crippen molar-refractivity contribution in [2.24, 2.45) is 21.8 Å². The van der Waals surface area contributed by atoms with E-state index >= 15 is 0 Å². The van der Waals surface area contributed by atoms with Gasteiger partial charge in [0.05, 0.1) is 12.5 Å². The SMILES string of the molecule is CC(=O)NC(CC(=O)OCC(=O)N/N=C1\CC2CCC1(C)C2(C)C)c1ccc(C)cc1. The Labute approximate surface area is 184 Å². The minimum Gasteiger partial charge on any atom is -0.455 e. The molecule has 7 heteroatoms. The Kier molecular flexibility index (Phi) is 6.53. The molecule has 0 saturated heterocycles. The van der Waals surface area contributed by atoms with Gasteiger partial charge in [-0.2, -0.15) is 5.10 Å². The first-order valence-electron chi connectivity index (χ1n) is 10.9. The number of amides is 2. The largest absolute Gasteiger partial charge is 0.455 e. The van der Waals surface area contributed by atoms with Crippen LogP contribution in [-0.2, 0) is 19.1 Å². The lowest BCUT2D eigenvalue weighted by molar-refractivity contribution is -0.149. The predicted octanol–water partition coefficient (Wildman–Crippen LogP) is 3.42. The summed E-state index contributed by atoms with van der Waals surface area (Å²) < 4.78 is 5.13. The number of esters is 1. The Morgan fingerprint density at radius 1 is 1.19 bits per heavy atom. The average molecular weight is 428 g/mol. The number of nitrogens with zero attached hydrogens (tertiary/aromatic N) is 1. The molecule has 0 radical (unpaired) electrons. The number of carbonyl (C=O) groups is 3. The highest BCUT2D eigenvalue weighted by Gasteiger charge is 2.60. The van der Waals surface area contributed by atoms with Crippen LogP contribution in [0.25, 0.3) is 0 Å². The van der Waals surface area contributed by atoms with Crippen molar-refractivity contribution >= 4 is 23.5 Å². The molecule has 2 bridgehead atoms. The van der Waals surface area contributed by atoms with Crippen molar-refractivity contribution in [1.82, 2.24) is 10.7 Å². The monoisotopic (exact) mass is 427 g/mol. The Morgan fingerprint density at radius 2 is 1.87 bits per heavy atom. The summed E-state index contributed by atoms with van der Waals surface area (Å²) in [5.41, 5.74) is 5.65. The van der Waals surface area contributed by atoms with Crippen molar-refractivity contribution in [3.05, 3.63) is 35.4 Å². The second kappa shape index (κ2) is 8.81. The number of fused-ring (bicyclic) bond motifs is 2. The van der Waals surface area contributed by atoms with E-state index in [1.54, 1.807) is 0 Å². The maximum absolute atomic E-state index is 12.3. The standard InChI is InChI=1S/C24H33N3O4/c1-15-6-8-17(9-7-15)19(25-16(2)28)13-22(30)31-14-21(29)27-26-20-12-18-10-11-24(20,5)23(18,3)4/h6-9,18-19H,10-14H2,1-5H3,(H,25,28)(H,27,29)/b26-20+. The molecule has 2 saturated carbocycles. The Bertz CT molecular complexity index is 891. The third-order valence-corrected chi connectivity index (χ3v) is 7.42. The topological polar surface area (TPSA) is 96.9 Å². The molecule has 7 nitrogen and oxygen atoms in total. The van der Waals surface area contributed by atoms with Crippen LogP contribution in [0.15, 0.2) is 29.4 Å². The molecule has 2 amide bonds. The number of rotatable bonds is 7. The van der Waals surface area contributed by atoms with Gasteiger partial charge in [-0.25, -0.2) is 5.43 Å². The Morgan fingerprint density at radius 3 is 2.42 bits per heavy atom. The van der Waals surface area contributed by atoms with E-state index in [0.29, 0.717) is 5.92 Å². The van der Waals surface area contributed by atoms with Crippen LogP contribution < -0.4 is 10.7 Å². The second-order valence-electron chi connectivity index (χ2n) is 9.62. The zero-order valence-electron chi connectivity index (χ0n) is 19.1. The highest BCUT2D eigenvalue weighted by Crippen LogP contribution is 2.63. The lowest BCUT2D eigenvalue weighted by Crippen LogP contribution is -2.35. The number of hydrazone groups is 1. The number of ether oxygens (including phenoxy) is 1. The van der Waals surface area contributed by atoms with Gasteiger partial charge in [0.15, 0.2) is 6.61 Å². The fourth-order valence-electron chi connectivity index (χ4n) is 4.93. The first-order chi connectivity index (χ1) is 14.5. The van der Waals surface area contributed by atoms with Gasteiger partial charge in [0, 0.05) is 18.1 Å².